The van der Waals surface area contributed by atoms with Crippen LogP contribution in [0.4, 0.5) is 5.82 Å². The molecule has 8 nitrogen and oxygen atoms in total. The summed E-state index contributed by atoms with van der Waals surface area (Å²) in [7, 11) is 5.83. The summed E-state index contributed by atoms with van der Waals surface area (Å²) in [4.78, 5) is 15.2. The standard InChI is InChI=1S/C15H24N8.HI/c1-5-16-15(19-10-13-20-11-21-23(13)4)18-9-12-7-6-8-17-14(12)22(2)3;/h6-8,11H,5,9-10H2,1-4H3,(H2,16,18,19);1H. The number of nitrogens with one attached hydrogen (secondary N) is 2. The minimum Gasteiger partial charge on any atom is -0.362 e. The highest BCUT2D eigenvalue weighted by molar-refractivity contribution is 14.0. The summed E-state index contributed by atoms with van der Waals surface area (Å²) >= 11 is 0. The van der Waals surface area contributed by atoms with Crippen molar-refractivity contribution < 1.29 is 0 Å². The summed E-state index contributed by atoms with van der Waals surface area (Å²) in [6.07, 6.45) is 3.33. The molecule has 0 aliphatic carbocycles. The number of pyridine rings is 1. The van der Waals surface area contributed by atoms with Crippen LogP contribution in [0.25, 0.3) is 0 Å². The third-order valence-electron chi connectivity index (χ3n) is 3.26. The van der Waals surface area contributed by atoms with Gasteiger partial charge in [0.1, 0.15) is 18.0 Å². The molecule has 0 atom stereocenters. The second-order valence-corrected chi connectivity index (χ2v) is 5.23. The number of hydrogen-bond acceptors (Lipinski definition) is 5. The monoisotopic (exact) mass is 444 g/mol. The van der Waals surface area contributed by atoms with Crippen LogP contribution in [0.3, 0.4) is 0 Å². The summed E-state index contributed by atoms with van der Waals surface area (Å²) in [5.74, 6) is 2.52. The summed E-state index contributed by atoms with van der Waals surface area (Å²) in [6.45, 7) is 3.94. The Kier molecular flexibility index (Phi) is 8.44. The fourth-order valence-corrected chi connectivity index (χ4v) is 2.11. The van der Waals surface area contributed by atoms with Crippen LogP contribution in [0.5, 0.6) is 0 Å². The van der Waals surface area contributed by atoms with Crippen LogP contribution in [0, 0.1) is 0 Å². The van der Waals surface area contributed by atoms with E-state index in [4.69, 9.17) is 0 Å². The van der Waals surface area contributed by atoms with Gasteiger partial charge in [0.2, 0.25) is 0 Å². The number of hydrogen-bond donors (Lipinski definition) is 2. The number of rotatable bonds is 6. The minimum absolute atomic E-state index is 0. The van der Waals surface area contributed by atoms with Crippen molar-refractivity contribution in [3.63, 3.8) is 0 Å². The lowest BCUT2D eigenvalue weighted by Crippen LogP contribution is -2.37. The molecule has 0 radical (unpaired) electrons. The van der Waals surface area contributed by atoms with Crippen molar-refractivity contribution >= 4 is 35.8 Å². The number of halogens is 1. The fourth-order valence-electron chi connectivity index (χ4n) is 2.11. The van der Waals surface area contributed by atoms with Gasteiger partial charge >= 0.3 is 0 Å². The van der Waals surface area contributed by atoms with Gasteiger partial charge in [-0.25, -0.2) is 15.0 Å². The zero-order chi connectivity index (χ0) is 16.7. The average molecular weight is 444 g/mol. The van der Waals surface area contributed by atoms with Crippen LogP contribution in [0.15, 0.2) is 29.6 Å². The van der Waals surface area contributed by atoms with E-state index in [-0.39, 0.29) is 24.0 Å². The molecule has 9 heteroatoms. The molecule has 0 unspecified atom stereocenters. The van der Waals surface area contributed by atoms with Crippen molar-refractivity contribution in [2.24, 2.45) is 12.0 Å². The Hall–Kier alpha value is -1.91. The van der Waals surface area contributed by atoms with E-state index in [1.54, 1.807) is 17.2 Å². The molecule has 24 heavy (non-hydrogen) atoms. The molecule has 2 heterocycles. The second kappa shape index (κ2) is 10.1. The Morgan fingerprint density at radius 3 is 2.71 bits per heavy atom. The van der Waals surface area contributed by atoms with Gasteiger partial charge in [-0.3, -0.25) is 4.68 Å². The molecule has 2 N–H and O–H groups in total. The first-order valence-electron chi connectivity index (χ1n) is 7.58. The quantitative estimate of drug-likeness (QED) is 0.395. The summed E-state index contributed by atoms with van der Waals surface area (Å²) in [6, 6.07) is 3.97. The van der Waals surface area contributed by atoms with E-state index in [2.05, 4.69) is 30.7 Å². The molecule has 0 fully saturated rings. The lowest BCUT2D eigenvalue weighted by atomic mass is 10.2. The van der Waals surface area contributed by atoms with Crippen molar-refractivity contribution in [3.05, 3.63) is 36.0 Å². The van der Waals surface area contributed by atoms with Crippen LogP contribution >= 0.6 is 24.0 Å². The van der Waals surface area contributed by atoms with Crippen molar-refractivity contribution in [2.75, 3.05) is 25.5 Å². The molecule has 2 rings (SSSR count). The van der Waals surface area contributed by atoms with E-state index in [1.807, 2.05) is 45.1 Å². The molecular formula is C15H25IN8. The van der Waals surface area contributed by atoms with Gasteiger partial charge < -0.3 is 15.5 Å². The second-order valence-electron chi connectivity index (χ2n) is 5.23. The third-order valence-corrected chi connectivity index (χ3v) is 3.26. The zero-order valence-electron chi connectivity index (χ0n) is 14.5. The predicted octanol–water partition coefficient (Wildman–Crippen LogP) is 1.15. The molecule has 0 bridgehead atoms. The normalized spacial score (nSPS) is 10.9. The van der Waals surface area contributed by atoms with Gasteiger partial charge in [-0.15, -0.1) is 24.0 Å². The van der Waals surface area contributed by atoms with Crippen molar-refractivity contribution in [1.82, 2.24) is 30.4 Å². The molecule has 132 valence electrons. The van der Waals surface area contributed by atoms with E-state index in [0.717, 1.165) is 29.7 Å². The van der Waals surface area contributed by atoms with Crippen LogP contribution in [0.2, 0.25) is 0 Å². The van der Waals surface area contributed by atoms with Crippen LogP contribution < -0.4 is 15.5 Å². The van der Waals surface area contributed by atoms with Gasteiger partial charge in [-0.2, -0.15) is 5.10 Å². The van der Waals surface area contributed by atoms with Gasteiger partial charge in [0, 0.05) is 39.4 Å². The molecule has 0 saturated carbocycles. The fraction of sp³-hybridized carbons (Fsp3) is 0.467. The van der Waals surface area contributed by atoms with Gasteiger partial charge in [0.05, 0.1) is 13.1 Å². The highest BCUT2D eigenvalue weighted by Crippen LogP contribution is 2.15. The minimum atomic E-state index is 0. The maximum atomic E-state index is 4.63. The summed E-state index contributed by atoms with van der Waals surface area (Å²) < 4.78 is 1.74. The number of anilines is 1. The first-order valence-corrected chi connectivity index (χ1v) is 7.58. The van der Waals surface area contributed by atoms with E-state index in [0.29, 0.717) is 13.1 Å². The Morgan fingerprint density at radius 1 is 1.29 bits per heavy atom. The Bertz CT molecular complexity index is 652. The summed E-state index contributed by atoms with van der Waals surface area (Å²) in [5.41, 5.74) is 1.08. The van der Waals surface area contributed by atoms with E-state index in [1.165, 1.54) is 0 Å². The Morgan fingerprint density at radius 2 is 2.08 bits per heavy atom. The number of aliphatic imine (C=N–C) groups is 1. The van der Waals surface area contributed by atoms with Crippen molar-refractivity contribution in [1.29, 1.82) is 0 Å². The smallest absolute Gasteiger partial charge is 0.191 e. The number of guanidine groups is 1. The first kappa shape index (κ1) is 20.1. The molecule has 0 aromatic carbocycles. The molecule has 0 amide bonds. The van der Waals surface area contributed by atoms with Gasteiger partial charge in [-0.1, -0.05) is 6.07 Å². The van der Waals surface area contributed by atoms with Gasteiger partial charge in [0.15, 0.2) is 5.96 Å². The largest absolute Gasteiger partial charge is 0.362 e. The number of nitrogens with zero attached hydrogens (tertiary/aromatic N) is 6. The van der Waals surface area contributed by atoms with Gasteiger partial charge in [-0.05, 0) is 13.0 Å². The Labute approximate surface area is 159 Å². The van der Waals surface area contributed by atoms with Gasteiger partial charge in [0.25, 0.3) is 0 Å². The van der Waals surface area contributed by atoms with Crippen LogP contribution in [-0.4, -0.2) is 46.3 Å². The maximum Gasteiger partial charge on any atom is 0.191 e. The molecule has 2 aromatic heterocycles. The molecular weight excluding hydrogens is 419 g/mol. The average Bonchev–Trinajstić information content (AvgIpc) is 2.95. The lowest BCUT2D eigenvalue weighted by Gasteiger charge is -2.15. The van der Waals surface area contributed by atoms with Crippen molar-refractivity contribution in [3.8, 4) is 0 Å². The maximum absolute atomic E-state index is 4.63. The molecule has 0 saturated heterocycles. The van der Waals surface area contributed by atoms with E-state index < -0.39 is 0 Å². The Balaban J connectivity index is 0.00000288. The zero-order valence-corrected chi connectivity index (χ0v) is 16.9. The SMILES string of the molecule is CCNC(=NCc1cccnc1N(C)C)NCc1ncnn1C.I. The highest BCUT2D eigenvalue weighted by atomic mass is 127. The molecule has 0 aliphatic heterocycles. The number of aromatic nitrogens is 4. The number of aryl methyl sites for hydroxylation is 1. The molecule has 0 spiro atoms. The van der Waals surface area contributed by atoms with Crippen LogP contribution in [-0.2, 0) is 20.1 Å². The lowest BCUT2D eigenvalue weighted by molar-refractivity contribution is 0.673. The van der Waals surface area contributed by atoms with E-state index in [9.17, 15) is 0 Å². The molecule has 0 aliphatic rings. The highest BCUT2D eigenvalue weighted by Gasteiger charge is 2.06. The van der Waals surface area contributed by atoms with Crippen LogP contribution in [0.1, 0.15) is 18.3 Å². The predicted molar refractivity (Wildman–Crippen MR) is 107 cm³/mol. The topological polar surface area (TPSA) is 83.3 Å². The third kappa shape index (κ3) is 5.62. The summed E-state index contributed by atoms with van der Waals surface area (Å²) in [5, 5.41) is 10.6. The molecule has 2 aromatic rings. The van der Waals surface area contributed by atoms with Crippen molar-refractivity contribution in [2.45, 2.75) is 20.0 Å². The van der Waals surface area contributed by atoms with E-state index >= 15 is 0 Å². The first-order chi connectivity index (χ1) is 11.1.